The van der Waals surface area contributed by atoms with Crippen LogP contribution in [0, 0.1) is 6.92 Å². The van der Waals surface area contributed by atoms with E-state index in [1.165, 1.54) is 11.3 Å². The molecule has 1 saturated heterocycles. The van der Waals surface area contributed by atoms with Gasteiger partial charge in [-0.1, -0.05) is 0 Å². The third-order valence-corrected chi connectivity index (χ3v) is 6.94. The molecule has 6 nitrogen and oxygen atoms in total. The van der Waals surface area contributed by atoms with E-state index in [4.69, 9.17) is 9.47 Å². The summed E-state index contributed by atoms with van der Waals surface area (Å²) >= 11 is 1.51. The molecule has 1 amide bonds. The number of thiophene rings is 1. The summed E-state index contributed by atoms with van der Waals surface area (Å²) in [4.78, 5) is 20.3. The predicted octanol–water partition coefficient (Wildman–Crippen LogP) is 3.74. The van der Waals surface area contributed by atoms with Crippen molar-refractivity contribution in [2.45, 2.75) is 32.1 Å². The Kier molecular flexibility index (Phi) is 4.44. The van der Waals surface area contributed by atoms with Crippen molar-refractivity contribution in [2.24, 2.45) is 0 Å². The molecule has 1 fully saturated rings. The number of aryl methyl sites for hydroxylation is 1. The van der Waals surface area contributed by atoms with Gasteiger partial charge >= 0.3 is 0 Å². The highest BCUT2D eigenvalue weighted by Gasteiger charge is 2.45. The number of ether oxygens (including phenoxy) is 2. The van der Waals surface area contributed by atoms with Gasteiger partial charge in [0.1, 0.15) is 23.8 Å². The van der Waals surface area contributed by atoms with Crippen LogP contribution in [0.4, 0.5) is 0 Å². The summed E-state index contributed by atoms with van der Waals surface area (Å²) in [7, 11) is 1.67. The molecule has 4 heterocycles. The van der Waals surface area contributed by atoms with E-state index in [2.05, 4.69) is 21.7 Å². The van der Waals surface area contributed by atoms with Crippen molar-refractivity contribution in [1.29, 1.82) is 0 Å². The summed E-state index contributed by atoms with van der Waals surface area (Å²) in [5, 5.41) is 1.98. The Morgan fingerprint density at radius 1 is 1.24 bits per heavy atom. The minimum atomic E-state index is -0.351. The van der Waals surface area contributed by atoms with Crippen molar-refractivity contribution in [3.8, 4) is 17.0 Å². The number of likely N-dealkylation sites (tertiary alicyclic amines) is 1. The van der Waals surface area contributed by atoms with Crippen molar-refractivity contribution in [3.63, 3.8) is 0 Å². The molecular formula is C22H23N3O3S. The molecule has 5 rings (SSSR count). The van der Waals surface area contributed by atoms with Crippen LogP contribution in [0.2, 0.25) is 0 Å². The number of imidazole rings is 1. The van der Waals surface area contributed by atoms with Gasteiger partial charge in [0.05, 0.1) is 37.0 Å². The lowest BCUT2D eigenvalue weighted by Gasteiger charge is -2.35. The Morgan fingerprint density at radius 2 is 2.07 bits per heavy atom. The van der Waals surface area contributed by atoms with Crippen LogP contribution >= 0.6 is 11.3 Å². The summed E-state index contributed by atoms with van der Waals surface area (Å²) in [6.07, 6.45) is 2.75. The SMILES string of the molecule is COc1ccc(-c2cnc3n2C[C@@]2(CCN(C(=O)c4sccc4C)C2)OC3)cc1. The average Bonchev–Trinajstić information content (AvgIpc) is 3.46. The summed E-state index contributed by atoms with van der Waals surface area (Å²) in [5.41, 5.74) is 2.87. The lowest BCUT2D eigenvalue weighted by atomic mass is 10.0. The second-order valence-corrected chi connectivity index (χ2v) is 8.67. The van der Waals surface area contributed by atoms with Gasteiger partial charge in [-0.25, -0.2) is 4.98 Å². The standard InChI is InChI=1S/C22H23N3O3S/c1-15-7-10-29-20(15)21(26)24-9-8-22(13-24)14-25-18(11-23-19(25)12-28-22)16-3-5-17(27-2)6-4-16/h3-7,10-11H,8-9,12-14H2,1-2H3/t22-/m0/s1. The van der Waals surface area contributed by atoms with E-state index in [-0.39, 0.29) is 11.5 Å². The minimum absolute atomic E-state index is 0.116. The van der Waals surface area contributed by atoms with E-state index in [1.54, 1.807) is 7.11 Å². The van der Waals surface area contributed by atoms with Gasteiger partial charge < -0.3 is 18.9 Å². The van der Waals surface area contributed by atoms with Gasteiger partial charge in [-0.2, -0.15) is 0 Å². The molecule has 3 aromatic rings. The zero-order valence-corrected chi connectivity index (χ0v) is 17.4. The van der Waals surface area contributed by atoms with Crippen LogP contribution in [0.15, 0.2) is 41.9 Å². The zero-order chi connectivity index (χ0) is 20.0. The molecule has 7 heteroatoms. The highest BCUT2D eigenvalue weighted by Crippen LogP contribution is 2.36. The topological polar surface area (TPSA) is 56.6 Å². The molecule has 150 valence electrons. The van der Waals surface area contributed by atoms with Crippen LogP contribution in [-0.2, 0) is 17.9 Å². The minimum Gasteiger partial charge on any atom is -0.497 e. The normalized spacial score (nSPS) is 20.8. The van der Waals surface area contributed by atoms with Crippen molar-refractivity contribution in [3.05, 3.63) is 58.2 Å². The van der Waals surface area contributed by atoms with E-state index < -0.39 is 0 Å². The first-order chi connectivity index (χ1) is 14.1. The number of amides is 1. The number of nitrogens with zero attached hydrogens (tertiary/aromatic N) is 3. The van der Waals surface area contributed by atoms with Crippen molar-refractivity contribution in [1.82, 2.24) is 14.5 Å². The van der Waals surface area contributed by atoms with E-state index in [1.807, 2.05) is 41.6 Å². The highest BCUT2D eigenvalue weighted by molar-refractivity contribution is 7.12. The van der Waals surface area contributed by atoms with Gasteiger partial charge in [0, 0.05) is 12.1 Å². The molecule has 1 atom stereocenters. The molecule has 2 aromatic heterocycles. The summed E-state index contributed by atoms with van der Waals surface area (Å²) in [5.74, 6) is 1.88. The second-order valence-electron chi connectivity index (χ2n) is 7.76. The number of methoxy groups -OCH3 is 1. The fourth-order valence-corrected chi connectivity index (χ4v) is 5.14. The first kappa shape index (κ1) is 18.4. The molecule has 29 heavy (non-hydrogen) atoms. The number of rotatable bonds is 3. The largest absolute Gasteiger partial charge is 0.497 e. The van der Waals surface area contributed by atoms with Crippen LogP contribution in [0.3, 0.4) is 0 Å². The Balaban J connectivity index is 1.39. The van der Waals surface area contributed by atoms with E-state index in [9.17, 15) is 4.79 Å². The summed E-state index contributed by atoms with van der Waals surface area (Å²) in [6.45, 7) is 4.50. The fraction of sp³-hybridized carbons (Fsp3) is 0.364. The van der Waals surface area contributed by atoms with Crippen LogP contribution < -0.4 is 4.74 Å². The third kappa shape index (κ3) is 3.14. The van der Waals surface area contributed by atoms with Gasteiger partial charge in [0.15, 0.2) is 0 Å². The predicted molar refractivity (Wildman–Crippen MR) is 111 cm³/mol. The quantitative estimate of drug-likeness (QED) is 0.661. The molecular weight excluding hydrogens is 386 g/mol. The van der Waals surface area contributed by atoms with E-state index in [0.29, 0.717) is 19.7 Å². The van der Waals surface area contributed by atoms with E-state index in [0.717, 1.165) is 46.2 Å². The van der Waals surface area contributed by atoms with E-state index >= 15 is 0 Å². The first-order valence-corrected chi connectivity index (χ1v) is 10.6. The number of carbonyl (C=O) groups is 1. The van der Waals surface area contributed by atoms with Crippen LogP contribution in [0.1, 0.15) is 27.5 Å². The second kappa shape index (κ2) is 7.00. The molecule has 0 saturated carbocycles. The number of fused-ring (bicyclic) bond motifs is 1. The number of hydrogen-bond donors (Lipinski definition) is 0. The maximum Gasteiger partial charge on any atom is 0.264 e. The van der Waals surface area contributed by atoms with Gasteiger partial charge in [0.25, 0.3) is 5.91 Å². The third-order valence-electron chi connectivity index (χ3n) is 5.94. The van der Waals surface area contributed by atoms with Gasteiger partial charge in [-0.15, -0.1) is 11.3 Å². The Hall–Kier alpha value is -2.64. The lowest BCUT2D eigenvalue weighted by Crippen LogP contribution is -2.45. The molecule has 0 N–H and O–H groups in total. The highest BCUT2D eigenvalue weighted by atomic mass is 32.1. The molecule has 0 aliphatic carbocycles. The number of hydrogen-bond acceptors (Lipinski definition) is 5. The lowest BCUT2D eigenvalue weighted by molar-refractivity contribution is -0.0804. The molecule has 1 spiro atoms. The maximum atomic E-state index is 12.9. The zero-order valence-electron chi connectivity index (χ0n) is 16.6. The summed E-state index contributed by atoms with van der Waals surface area (Å²) in [6, 6.07) is 10.0. The average molecular weight is 410 g/mol. The Morgan fingerprint density at radius 3 is 2.79 bits per heavy atom. The number of carbonyl (C=O) groups excluding carboxylic acids is 1. The van der Waals surface area contributed by atoms with Gasteiger partial charge in [0.2, 0.25) is 0 Å². The molecule has 1 aromatic carbocycles. The maximum absolute atomic E-state index is 12.9. The smallest absolute Gasteiger partial charge is 0.264 e. The first-order valence-electron chi connectivity index (χ1n) is 9.75. The molecule has 2 aliphatic rings. The van der Waals surface area contributed by atoms with Crippen molar-refractivity contribution < 1.29 is 14.3 Å². The van der Waals surface area contributed by atoms with Crippen LogP contribution in [-0.4, -0.2) is 46.2 Å². The fourth-order valence-electron chi connectivity index (χ4n) is 4.25. The Labute approximate surface area is 173 Å². The monoisotopic (exact) mass is 409 g/mol. The van der Waals surface area contributed by atoms with Crippen LogP contribution in [0.5, 0.6) is 5.75 Å². The van der Waals surface area contributed by atoms with Gasteiger partial charge in [-0.05, 0) is 54.6 Å². The summed E-state index contributed by atoms with van der Waals surface area (Å²) < 4.78 is 13.8. The van der Waals surface area contributed by atoms with Gasteiger partial charge in [-0.3, -0.25) is 4.79 Å². The number of benzene rings is 1. The van der Waals surface area contributed by atoms with Crippen LogP contribution in [0.25, 0.3) is 11.3 Å². The molecule has 2 aliphatic heterocycles. The molecule has 0 unspecified atom stereocenters. The van der Waals surface area contributed by atoms with Crippen molar-refractivity contribution >= 4 is 17.2 Å². The molecule has 0 bridgehead atoms. The molecule has 0 radical (unpaired) electrons. The number of aromatic nitrogens is 2. The Bertz CT molecular complexity index is 1060. The van der Waals surface area contributed by atoms with Crippen molar-refractivity contribution in [2.75, 3.05) is 20.2 Å².